The summed E-state index contributed by atoms with van der Waals surface area (Å²) in [6.07, 6.45) is -0.630. The van der Waals surface area contributed by atoms with E-state index in [9.17, 15) is 10.1 Å². The number of nitrogens with two attached hydrogens (primary N) is 1. The smallest absolute Gasteiger partial charge is 0.269 e. The average Bonchev–Trinajstić information content (AvgIpc) is 4.01. The molecule has 6 rings (SSSR count). The molecular formula is C51H64Cl4N10O6Si2. The molecule has 73 heavy (non-hydrogen) atoms. The first-order valence-electron chi connectivity index (χ1n) is 23.1. The van der Waals surface area contributed by atoms with Crippen LogP contribution in [0.15, 0.2) is 81.6 Å². The molecule has 6 aromatic rings. The van der Waals surface area contributed by atoms with Gasteiger partial charge in [0.15, 0.2) is 16.6 Å². The molecule has 0 amide bonds. The molecule has 390 valence electrons. The Labute approximate surface area is 450 Å². The minimum atomic E-state index is -2.15. The summed E-state index contributed by atoms with van der Waals surface area (Å²) >= 11 is 22.4. The van der Waals surface area contributed by atoms with Crippen LogP contribution in [-0.4, -0.2) is 59.5 Å². The molecule has 0 bridgehead atoms. The van der Waals surface area contributed by atoms with E-state index in [1.165, 1.54) is 12.1 Å². The van der Waals surface area contributed by atoms with Crippen LogP contribution in [-0.2, 0) is 8.85 Å². The quantitative estimate of drug-likeness (QED) is 0.0219. The van der Waals surface area contributed by atoms with Gasteiger partial charge in [0.1, 0.15) is 12.1 Å². The summed E-state index contributed by atoms with van der Waals surface area (Å²) in [4.78, 5) is 17.5. The lowest BCUT2D eigenvalue weighted by atomic mass is 10.1. The van der Waals surface area contributed by atoms with Crippen molar-refractivity contribution in [2.24, 2.45) is 0 Å². The van der Waals surface area contributed by atoms with Crippen molar-refractivity contribution >= 4 is 97.2 Å². The Hall–Kier alpha value is -5.55. The number of rotatable bonds is 15. The molecule has 0 aliphatic heterocycles. The number of nitro benzene ring substituents is 1. The largest absolute Gasteiger partial charge is 0.418 e. The number of non-ortho nitro benzene ring substituents is 1. The number of nitrogens with zero attached hydrogens (tertiary/aromatic N) is 7. The van der Waals surface area contributed by atoms with Gasteiger partial charge < -0.3 is 34.1 Å². The number of benzene rings is 4. The zero-order chi connectivity index (χ0) is 54.8. The number of halogens is 4. The van der Waals surface area contributed by atoms with Crippen molar-refractivity contribution in [1.29, 1.82) is 0 Å². The maximum absolute atomic E-state index is 11.0. The Bertz CT molecular complexity index is 2910. The lowest BCUT2D eigenvalue weighted by molar-refractivity contribution is -0.384. The monoisotopic (exact) mass is 1110 g/mol. The average molecular weight is 1110 g/mol. The second-order valence-electron chi connectivity index (χ2n) is 20.2. The van der Waals surface area contributed by atoms with Crippen LogP contribution < -0.4 is 16.4 Å². The number of hydrogen-bond donors (Lipinski definition) is 3. The van der Waals surface area contributed by atoms with Crippen LogP contribution in [0, 0.1) is 37.1 Å². The predicted molar refractivity (Wildman–Crippen MR) is 300 cm³/mol. The van der Waals surface area contributed by atoms with Gasteiger partial charge in [0.2, 0.25) is 34.9 Å². The molecule has 4 aromatic carbocycles. The second kappa shape index (κ2) is 25.1. The van der Waals surface area contributed by atoms with Gasteiger partial charge in [-0.3, -0.25) is 10.1 Å². The number of nitrogen functional groups attached to an aromatic ring is 1. The van der Waals surface area contributed by atoms with Crippen molar-refractivity contribution in [2.75, 3.05) is 21.7 Å². The minimum Gasteiger partial charge on any atom is -0.418 e. The zero-order valence-electron chi connectivity index (χ0n) is 43.6. The van der Waals surface area contributed by atoms with E-state index in [1.54, 1.807) is 42.5 Å². The maximum Gasteiger partial charge on any atom is 0.269 e. The fourth-order valence-corrected chi connectivity index (χ4v) is 9.90. The number of alkyl halides is 2. The molecule has 0 saturated carbocycles. The first kappa shape index (κ1) is 60.0. The molecule has 4 atom stereocenters. The molecule has 16 nitrogen and oxygen atoms in total. The third-order valence-corrected chi connectivity index (χ3v) is 23.1. The summed E-state index contributed by atoms with van der Waals surface area (Å²) < 4.78 is 25.5. The molecular weight excluding hydrogens is 1050 g/mol. The lowest BCUT2D eigenvalue weighted by Crippen LogP contribution is -2.45. The van der Waals surface area contributed by atoms with Crippen LogP contribution in [0.25, 0.3) is 32.6 Å². The van der Waals surface area contributed by atoms with Gasteiger partial charge in [-0.2, -0.15) is 0 Å². The standard InChI is InChI=1S/C25H30ClN5O4Si.C25H32ClN5O2Si.CH2Cl2/c1-15-19(13-14-20(27-6)21(15)26)28-22(16(2)35-36(7,8)25(3,4)5)24-30-29-23(34-24)17-9-11-18(12-10-17)31(32)33;1-15-19(13-14-20(28-6)21(15)26)29-22(16(2)33-34(7,8)25(3,4)5)24-31-30-23(32-24)17-9-11-18(27)12-10-17;2-1-3/h9-14,16,22,28H,1-5,7-8H3;9-14,16,22,29H,27H2,1-5,7-8H3;1H2/t2*16-,22+;/m00./s1. The molecule has 0 aliphatic rings. The number of hydrogen-bond acceptors (Lipinski definition) is 13. The molecule has 0 fully saturated rings. The van der Waals surface area contributed by atoms with Crippen molar-refractivity contribution in [1.82, 2.24) is 20.4 Å². The summed E-state index contributed by atoms with van der Waals surface area (Å²) in [7, 11) is -4.25. The molecule has 4 N–H and O–H groups in total. The van der Waals surface area contributed by atoms with E-state index in [2.05, 4.69) is 108 Å². The Kier molecular flexibility index (Phi) is 20.7. The molecule has 0 radical (unpaired) electrons. The first-order chi connectivity index (χ1) is 34.0. The summed E-state index contributed by atoms with van der Waals surface area (Å²) in [6.45, 7) is 44.2. The molecule has 0 unspecified atom stereocenters. The lowest BCUT2D eigenvalue weighted by Gasteiger charge is -2.40. The van der Waals surface area contributed by atoms with Crippen molar-refractivity contribution in [3.05, 3.63) is 139 Å². The van der Waals surface area contributed by atoms with E-state index < -0.39 is 33.6 Å². The van der Waals surface area contributed by atoms with Crippen molar-refractivity contribution < 1.29 is 22.6 Å². The Morgan fingerprint density at radius 3 is 1.33 bits per heavy atom. The zero-order valence-corrected chi connectivity index (χ0v) is 48.6. The minimum absolute atomic E-state index is 0.0128. The van der Waals surface area contributed by atoms with Gasteiger partial charge in [0.25, 0.3) is 5.69 Å². The SMILES string of the molecule is ClCCl.[C-]#[N+]c1ccc(N[C@@H](c2nnc(-c3ccc(N)cc3)o2)[C@H](C)O[Si](C)(C)C(C)(C)C)c(C)c1Cl.[C-]#[N+]c1ccc(N[C@@H](c2nnc(-c3ccc([N+](=O)[O-])cc3)o2)[C@H](C)O[Si](C)(C)C(C)(C)C)c(C)c1Cl. The third kappa shape index (κ3) is 15.3. The van der Waals surface area contributed by atoms with E-state index in [1.807, 2.05) is 45.9 Å². The maximum atomic E-state index is 11.0. The van der Waals surface area contributed by atoms with Crippen LogP contribution in [0.4, 0.5) is 34.1 Å². The van der Waals surface area contributed by atoms with Gasteiger partial charge in [0.05, 0.1) is 45.7 Å². The van der Waals surface area contributed by atoms with Crippen LogP contribution in [0.1, 0.15) is 90.4 Å². The third-order valence-electron chi connectivity index (χ3n) is 13.0. The van der Waals surface area contributed by atoms with Crippen molar-refractivity contribution in [2.45, 2.75) is 130 Å². The topological polar surface area (TPSA) is 198 Å². The van der Waals surface area contributed by atoms with Gasteiger partial charge >= 0.3 is 0 Å². The van der Waals surface area contributed by atoms with Gasteiger partial charge in [-0.25, -0.2) is 9.69 Å². The number of anilines is 3. The van der Waals surface area contributed by atoms with E-state index in [0.717, 1.165) is 28.1 Å². The molecule has 0 spiro atoms. The van der Waals surface area contributed by atoms with E-state index in [-0.39, 0.29) is 39.2 Å². The molecule has 2 heterocycles. The Balaban J connectivity index is 0.000000301. The van der Waals surface area contributed by atoms with Gasteiger partial charge in [-0.15, -0.1) is 43.6 Å². The summed E-state index contributed by atoms with van der Waals surface area (Å²) in [6, 6.07) is 19.3. The van der Waals surface area contributed by atoms with Crippen LogP contribution >= 0.6 is 46.4 Å². The number of nitro groups is 1. The van der Waals surface area contributed by atoms with E-state index in [0.29, 0.717) is 50.3 Å². The fourth-order valence-electron chi connectivity index (χ4n) is 6.65. The van der Waals surface area contributed by atoms with E-state index >= 15 is 0 Å². The molecule has 2 aromatic heterocycles. The fraction of sp³-hybridized carbons (Fsp3) is 0.412. The highest BCUT2D eigenvalue weighted by Crippen LogP contribution is 2.43. The van der Waals surface area contributed by atoms with E-state index in [4.69, 9.17) is 83.0 Å². The predicted octanol–water partition coefficient (Wildman–Crippen LogP) is 16.5. The van der Waals surface area contributed by atoms with Crippen molar-refractivity contribution in [3.63, 3.8) is 0 Å². The van der Waals surface area contributed by atoms with Gasteiger partial charge in [-0.05, 0) is 124 Å². The van der Waals surface area contributed by atoms with Gasteiger partial charge in [0, 0.05) is 40.3 Å². The van der Waals surface area contributed by atoms with Crippen LogP contribution in [0.2, 0.25) is 46.3 Å². The van der Waals surface area contributed by atoms with Crippen LogP contribution in [0.5, 0.6) is 0 Å². The highest BCUT2D eigenvalue weighted by Gasteiger charge is 2.42. The number of nitrogens with one attached hydrogen (secondary N) is 2. The summed E-state index contributed by atoms with van der Waals surface area (Å²) in [5.41, 5.74) is 11.6. The molecule has 22 heteroatoms. The molecule has 0 aliphatic carbocycles. The summed E-state index contributed by atoms with van der Waals surface area (Å²) in [5, 5.41) is 36.0. The second-order valence-corrected chi connectivity index (χ2v) is 31.3. The first-order valence-corrected chi connectivity index (χ1v) is 30.8. The molecule has 0 saturated heterocycles. The highest BCUT2D eigenvalue weighted by atomic mass is 35.5. The number of aromatic nitrogens is 4. The van der Waals surface area contributed by atoms with Crippen LogP contribution in [0.3, 0.4) is 0 Å². The normalized spacial score (nSPS) is 13.4. The summed E-state index contributed by atoms with van der Waals surface area (Å²) in [5.74, 6) is 1.35. The highest BCUT2D eigenvalue weighted by molar-refractivity contribution is 6.74. The Morgan fingerprint density at radius 1 is 0.671 bits per heavy atom. The van der Waals surface area contributed by atoms with Gasteiger partial charge in [-0.1, -0.05) is 76.9 Å². The Morgan fingerprint density at radius 2 is 1.01 bits per heavy atom. The van der Waals surface area contributed by atoms with Crippen molar-refractivity contribution in [3.8, 4) is 22.9 Å².